The van der Waals surface area contributed by atoms with Crippen LogP contribution in [0.3, 0.4) is 0 Å². The van der Waals surface area contributed by atoms with Gasteiger partial charge in [0.25, 0.3) is 5.91 Å². The molecule has 0 unspecified atom stereocenters. The van der Waals surface area contributed by atoms with Gasteiger partial charge in [-0.05, 0) is 61.7 Å². The summed E-state index contributed by atoms with van der Waals surface area (Å²) in [6.07, 6.45) is 5.67. The molecule has 2 aromatic carbocycles. The third-order valence-electron chi connectivity index (χ3n) is 6.36. The lowest BCUT2D eigenvalue weighted by Gasteiger charge is -2.36. The predicted octanol–water partition coefficient (Wildman–Crippen LogP) is 3.17. The minimum absolute atomic E-state index is 0.0642. The van der Waals surface area contributed by atoms with Gasteiger partial charge in [0.1, 0.15) is 0 Å². The number of piperazine rings is 1. The molecule has 2 heterocycles. The van der Waals surface area contributed by atoms with Gasteiger partial charge in [-0.2, -0.15) is 5.10 Å². The van der Waals surface area contributed by atoms with E-state index in [2.05, 4.69) is 46.5 Å². The molecule has 1 N–H and O–H groups in total. The molecule has 2 amide bonds. The number of anilines is 1. The van der Waals surface area contributed by atoms with E-state index >= 15 is 0 Å². The molecular weight excluding hydrogens is 414 g/mol. The smallest absolute Gasteiger partial charge is 0.253 e. The topological polar surface area (TPSA) is 70.5 Å². The van der Waals surface area contributed by atoms with E-state index in [-0.39, 0.29) is 17.7 Å². The summed E-state index contributed by atoms with van der Waals surface area (Å²) in [6, 6.07) is 16.1. The maximum absolute atomic E-state index is 13.0. The molecule has 2 fully saturated rings. The minimum atomic E-state index is 0.0642. The fraction of sp³-hybridized carbons (Fsp3) is 0.346. The summed E-state index contributed by atoms with van der Waals surface area (Å²) in [6.45, 7) is 5.68. The molecule has 1 aliphatic heterocycles. The lowest BCUT2D eigenvalue weighted by atomic mass is 10.1. The Balaban J connectivity index is 1.17. The van der Waals surface area contributed by atoms with Crippen LogP contribution in [0.2, 0.25) is 0 Å². The van der Waals surface area contributed by atoms with Crippen molar-refractivity contribution in [2.75, 3.05) is 31.1 Å². The molecular formula is C26H29N5O2. The molecule has 1 saturated carbocycles. The van der Waals surface area contributed by atoms with Crippen LogP contribution in [0.15, 0.2) is 60.9 Å². The number of nitrogens with one attached hydrogen (secondary N) is 1. The number of aryl methyl sites for hydroxylation is 1. The maximum Gasteiger partial charge on any atom is 0.253 e. The Morgan fingerprint density at radius 3 is 2.45 bits per heavy atom. The van der Waals surface area contributed by atoms with Gasteiger partial charge < -0.3 is 15.1 Å². The van der Waals surface area contributed by atoms with E-state index in [1.807, 2.05) is 35.4 Å². The van der Waals surface area contributed by atoms with E-state index in [1.165, 1.54) is 11.3 Å². The second-order valence-corrected chi connectivity index (χ2v) is 8.95. The second-order valence-electron chi connectivity index (χ2n) is 8.95. The van der Waals surface area contributed by atoms with Crippen LogP contribution < -0.4 is 10.2 Å². The number of hydrogen-bond acceptors (Lipinski definition) is 4. The van der Waals surface area contributed by atoms with Crippen molar-refractivity contribution in [3.63, 3.8) is 0 Å². The lowest BCUT2D eigenvalue weighted by Crippen LogP contribution is -2.48. The Morgan fingerprint density at radius 2 is 1.76 bits per heavy atom. The fourth-order valence-electron chi connectivity index (χ4n) is 4.20. The molecule has 5 rings (SSSR count). The first-order valence-electron chi connectivity index (χ1n) is 11.6. The zero-order chi connectivity index (χ0) is 22.8. The number of nitrogens with zero attached hydrogens (tertiary/aromatic N) is 4. The molecule has 1 aromatic heterocycles. The first-order chi connectivity index (χ1) is 16.1. The first-order valence-corrected chi connectivity index (χ1v) is 11.6. The van der Waals surface area contributed by atoms with E-state index in [1.54, 1.807) is 10.9 Å². The largest absolute Gasteiger partial charge is 0.368 e. The summed E-state index contributed by atoms with van der Waals surface area (Å²) in [5.74, 6) is 0.398. The molecule has 0 spiro atoms. The highest BCUT2D eigenvalue weighted by molar-refractivity contribution is 5.94. The van der Waals surface area contributed by atoms with Crippen molar-refractivity contribution in [1.29, 1.82) is 0 Å². The van der Waals surface area contributed by atoms with Gasteiger partial charge >= 0.3 is 0 Å². The Kier molecular flexibility index (Phi) is 5.86. The quantitative estimate of drug-likeness (QED) is 0.635. The lowest BCUT2D eigenvalue weighted by molar-refractivity contribution is -0.122. The Labute approximate surface area is 194 Å². The van der Waals surface area contributed by atoms with Crippen molar-refractivity contribution >= 4 is 17.5 Å². The van der Waals surface area contributed by atoms with Crippen molar-refractivity contribution in [1.82, 2.24) is 20.0 Å². The summed E-state index contributed by atoms with van der Waals surface area (Å²) in [5, 5.41) is 7.35. The maximum atomic E-state index is 13.0. The van der Waals surface area contributed by atoms with E-state index in [4.69, 9.17) is 0 Å². The Bertz CT molecular complexity index is 1140. The van der Waals surface area contributed by atoms with Crippen LogP contribution >= 0.6 is 0 Å². The third-order valence-corrected chi connectivity index (χ3v) is 6.36. The normalized spacial score (nSPS) is 16.0. The van der Waals surface area contributed by atoms with Gasteiger partial charge in [0.15, 0.2) is 0 Å². The fourth-order valence-corrected chi connectivity index (χ4v) is 4.20. The monoisotopic (exact) mass is 443 g/mol. The van der Waals surface area contributed by atoms with Gasteiger partial charge in [0, 0.05) is 61.7 Å². The number of amides is 2. The van der Waals surface area contributed by atoms with Crippen molar-refractivity contribution in [3.8, 4) is 5.69 Å². The van der Waals surface area contributed by atoms with Crippen molar-refractivity contribution in [2.45, 2.75) is 26.3 Å². The molecule has 170 valence electrons. The number of rotatable bonds is 6. The first kappa shape index (κ1) is 21.2. The summed E-state index contributed by atoms with van der Waals surface area (Å²) in [7, 11) is 0. The SMILES string of the molecule is Cc1cccc(N2CCN(C(=O)c3ccc(-n4cc(CNC(=O)C5CC5)cn4)cc3)CC2)c1. The molecule has 2 aliphatic rings. The van der Waals surface area contributed by atoms with Gasteiger partial charge in [-0.1, -0.05) is 12.1 Å². The summed E-state index contributed by atoms with van der Waals surface area (Å²) < 4.78 is 1.77. The van der Waals surface area contributed by atoms with E-state index in [0.29, 0.717) is 25.2 Å². The highest BCUT2D eigenvalue weighted by Gasteiger charge is 2.29. The Morgan fingerprint density at radius 1 is 1.00 bits per heavy atom. The number of carbonyl (C=O) groups excluding carboxylic acids is 2. The highest BCUT2D eigenvalue weighted by atomic mass is 16.2. The van der Waals surface area contributed by atoms with Crippen LogP contribution in [0.1, 0.15) is 34.3 Å². The van der Waals surface area contributed by atoms with Gasteiger partial charge in [-0.15, -0.1) is 0 Å². The number of carbonyl (C=O) groups is 2. The average molecular weight is 444 g/mol. The molecule has 7 heteroatoms. The molecule has 7 nitrogen and oxygen atoms in total. The van der Waals surface area contributed by atoms with Gasteiger partial charge in [0.05, 0.1) is 11.9 Å². The van der Waals surface area contributed by atoms with Crippen LogP contribution in [0, 0.1) is 12.8 Å². The molecule has 3 aromatic rings. The minimum Gasteiger partial charge on any atom is -0.368 e. The van der Waals surface area contributed by atoms with Crippen LogP contribution in [0.5, 0.6) is 0 Å². The van der Waals surface area contributed by atoms with Gasteiger partial charge in [-0.3, -0.25) is 9.59 Å². The zero-order valence-corrected chi connectivity index (χ0v) is 18.9. The van der Waals surface area contributed by atoms with Gasteiger partial charge in [-0.25, -0.2) is 4.68 Å². The van der Waals surface area contributed by atoms with E-state index in [9.17, 15) is 9.59 Å². The summed E-state index contributed by atoms with van der Waals surface area (Å²) in [5.41, 5.74) is 4.99. The van der Waals surface area contributed by atoms with Crippen molar-refractivity contribution in [3.05, 3.63) is 77.6 Å². The number of benzene rings is 2. The van der Waals surface area contributed by atoms with Crippen LogP contribution in [-0.2, 0) is 11.3 Å². The average Bonchev–Trinajstić information content (AvgIpc) is 3.60. The summed E-state index contributed by atoms with van der Waals surface area (Å²) in [4.78, 5) is 29.1. The molecule has 33 heavy (non-hydrogen) atoms. The number of aromatic nitrogens is 2. The van der Waals surface area contributed by atoms with Crippen molar-refractivity contribution < 1.29 is 9.59 Å². The van der Waals surface area contributed by atoms with Crippen LogP contribution in [0.4, 0.5) is 5.69 Å². The molecule has 0 bridgehead atoms. The zero-order valence-electron chi connectivity index (χ0n) is 18.9. The molecule has 1 aliphatic carbocycles. The highest BCUT2D eigenvalue weighted by Crippen LogP contribution is 2.28. The standard InChI is InChI=1S/C26H29N5O2/c1-19-3-2-4-24(15-19)29-11-13-30(14-12-29)26(33)22-7-9-23(10-8-22)31-18-20(17-28-31)16-27-25(32)21-5-6-21/h2-4,7-10,15,17-18,21H,5-6,11-14,16H2,1H3,(H,27,32). The Hall–Kier alpha value is -3.61. The molecule has 0 atom stereocenters. The molecule has 1 saturated heterocycles. The van der Waals surface area contributed by atoms with Crippen molar-refractivity contribution in [2.24, 2.45) is 5.92 Å². The van der Waals surface area contributed by atoms with Gasteiger partial charge in [0.2, 0.25) is 5.91 Å². The van der Waals surface area contributed by atoms with Crippen LogP contribution in [0.25, 0.3) is 5.69 Å². The molecule has 0 radical (unpaired) electrons. The van der Waals surface area contributed by atoms with Crippen LogP contribution in [-0.4, -0.2) is 52.7 Å². The van der Waals surface area contributed by atoms with E-state index < -0.39 is 0 Å². The summed E-state index contributed by atoms with van der Waals surface area (Å²) >= 11 is 0. The van der Waals surface area contributed by atoms with E-state index in [0.717, 1.165) is 37.2 Å². The third kappa shape index (κ3) is 4.92. The number of hydrogen-bond donors (Lipinski definition) is 1. The second kappa shape index (κ2) is 9.10. The predicted molar refractivity (Wildman–Crippen MR) is 127 cm³/mol.